The molecule has 1 fully saturated rings. The van der Waals surface area contributed by atoms with Crippen LogP contribution in [0.3, 0.4) is 0 Å². The van der Waals surface area contributed by atoms with Crippen molar-refractivity contribution in [3.63, 3.8) is 0 Å². The highest BCUT2D eigenvalue weighted by Crippen LogP contribution is 2.19. The standard InChI is InChI=1S/C19H23N3O4S/c20-19(23)26-15-17-6-8-18(9-7-17)27(24,25)22-12-10-21(11-13-22)14-16-4-2-1-3-5-16/h1-9H,10-15H2,(H2,20,23). The predicted octanol–water partition coefficient (Wildman–Crippen LogP) is 1.79. The second kappa shape index (κ2) is 8.51. The molecule has 0 atom stereocenters. The number of sulfonamides is 1. The van der Waals surface area contributed by atoms with Gasteiger partial charge in [0.2, 0.25) is 10.0 Å². The highest BCUT2D eigenvalue weighted by molar-refractivity contribution is 7.89. The number of primary amides is 1. The molecular weight excluding hydrogens is 366 g/mol. The molecule has 7 nitrogen and oxygen atoms in total. The molecule has 1 heterocycles. The minimum Gasteiger partial charge on any atom is -0.445 e. The van der Waals surface area contributed by atoms with Gasteiger partial charge in [0.15, 0.2) is 0 Å². The summed E-state index contributed by atoms with van der Waals surface area (Å²) >= 11 is 0. The van der Waals surface area contributed by atoms with Gasteiger partial charge in [-0.15, -0.1) is 0 Å². The third-order valence-corrected chi connectivity index (χ3v) is 6.44. The normalized spacial score (nSPS) is 16.1. The van der Waals surface area contributed by atoms with Gasteiger partial charge in [-0.05, 0) is 23.3 Å². The Balaban J connectivity index is 1.58. The summed E-state index contributed by atoms with van der Waals surface area (Å²) in [5, 5.41) is 0. The third kappa shape index (κ3) is 5.06. The van der Waals surface area contributed by atoms with Crippen LogP contribution in [0.1, 0.15) is 11.1 Å². The maximum Gasteiger partial charge on any atom is 0.404 e. The maximum atomic E-state index is 12.8. The number of nitrogens with zero attached hydrogens (tertiary/aromatic N) is 2. The van der Waals surface area contributed by atoms with Crippen LogP contribution in [0.25, 0.3) is 0 Å². The molecule has 1 aliphatic rings. The van der Waals surface area contributed by atoms with Crippen LogP contribution in [0.4, 0.5) is 4.79 Å². The van der Waals surface area contributed by atoms with Crippen molar-refractivity contribution in [2.24, 2.45) is 5.73 Å². The Bertz CT molecular complexity index is 862. The average Bonchev–Trinajstić information content (AvgIpc) is 2.68. The first-order chi connectivity index (χ1) is 12.9. The minimum atomic E-state index is -3.53. The number of amides is 1. The molecule has 1 aliphatic heterocycles. The number of piperazine rings is 1. The van der Waals surface area contributed by atoms with E-state index in [1.807, 2.05) is 18.2 Å². The van der Waals surface area contributed by atoms with Crippen molar-refractivity contribution in [2.45, 2.75) is 18.0 Å². The fourth-order valence-corrected chi connectivity index (χ4v) is 4.45. The van der Waals surface area contributed by atoms with Gasteiger partial charge in [0.05, 0.1) is 4.90 Å². The lowest BCUT2D eigenvalue weighted by Crippen LogP contribution is -2.48. The Morgan fingerprint density at radius 2 is 1.56 bits per heavy atom. The highest BCUT2D eigenvalue weighted by Gasteiger charge is 2.28. The number of hydrogen-bond acceptors (Lipinski definition) is 5. The van der Waals surface area contributed by atoms with Crippen molar-refractivity contribution in [3.8, 4) is 0 Å². The molecule has 27 heavy (non-hydrogen) atoms. The van der Waals surface area contributed by atoms with E-state index >= 15 is 0 Å². The van der Waals surface area contributed by atoms with Crippen LogP contribution in [-0.2, 0) is 27.9 Å². The number of benzene rings is 2. The summed E-state index contributed by atoms with van der Waals surface area (Å²) in [7, 11) is -3.53. The van der Waals surface area contributed by atoms with E-state index in [9.17, 15) is 13.2 Å². The minimum absolute atomic E-state index is 0.0216. The second-order valence-electron chi connectivity index (χ2n) is 6.42. The molecule has 2 aromatic carbocycles. The fourth-order valence-electron chi connectivity index (χ4n) is 3.03. The summed E-state index contributed by atoms with van der Waals surface area (Å²) in [6, 6.07) is 16.5. The summed E-state index contributed by atoms with van der Waals surface area (Å²) < 4.78 is 31.9. The van der Waals surface area contributed by atoms with E-state index < -0.39 is 16.1 Å². The lowest BCUT2D eigenvalue weighted by molar-refractivity contribution is 0.150. The van der Waals surface area contributed by atoms with Crippen molar-refractivity contribution in [3.05, 3.63) is 65.7 Å². The fraction of sp³-hybridized carbons (Fsp3) is 0.316. The Morgan fingerprint density at radius 3 is 2.15 bits per heavy atom. The maximum absolute atomic E-state index is 12.8. The lowest BCUT2D eigenvalue weighted by Gasteiger charge is -2.34. The first-order valence-electron chi connectivity index (χ1n) is 8.73. The van der Waals surface area contributed by atoms with Gasteiger partial charge >= 0.3 is 6.09 Å². The molecule has 1 saturated heterocycles. The molecule has 144 valence electrons. The van der Waals surface area contributed by atoms with Gasteiger partial charge in [-0.1, -0.05) is 42.5 Å². The van der Waals surface area contributed by atoms with E-state index in [4.69, 9.17) is 10.5 Å². The van der Waals surface area contributed by atoms with Crippen molar-refractivity contribution < 1.29 is 17.9 Å². The zero-order valence-electron chi connectivity index (χ0n) is 15.0. The van der Waals surface area contributed by atoms with Crippen molar-refractivity contribution in [2.75, 3.05) is 26.2 Å². The molecule has 2 N–H and O–H groups in total. The summed E-state index contributed by atoms with van der Waals surface area (Å²) in [5.41, 5.74) is 6.83. The second-order valence-corrected chi connectivity index (χ2v) is 8.36. The first-order valence-corrected chi connectivity index (χ1v) is 10.2. The number of rotatable bonds is 6. The topological polar surface area (TPSA) is 92.9 Å². The molecule has 0 aromatic heterocycles. The van der Waals surface area contributed by atoms with Gasteiger partial charge < -0.3 is 10.5 Å². The molecule has 0 radical (unpaired) electrons. The summed E-state index contributed by atoms with van der Waals surface area (Å²) in [6.45, 7) is 3.15. The molecular formula is C19H23N3O4S. The van der Waals surface area contributed by atoms with Gasteiger partial charge in [0, 0.05) is 32.7 Å². The van der Waals surface area contributed by atoms with Crippen LogP contribution >= 0.6 is 0 Å². The van der Waals surface area contributed by atoms with Crippen LogP contribution in [-0.4, -0.2) is 49.9 Å². The van der Waals surface area contributed by atoms with Gasteiger partial charge in [0.25, 0.3) is 0 Å². The Hall–Kier alpha value is -2.42. The van der Waals surface area contributed by atoms with E-state index in [-0.39, 0.29) is 11.5 Å². The lowest BCUT2D eigenvalue weighted by atomic mass is 10.2. The van der Waals surface area contributed by atoms with Gasteiger partial charge in [-0.2, -0.15) is 4.31 Å². The third-order valence-electron chi connectivity index (χ3n) is 4.52. The number of nitrogens with two attached hydrogens (primary N) is 1. The first kappa shape index (κ1) is 19.3. The van der Waals surface area contributed by atoms with E-state index in [1.165, 1.54) is 22.0 Å². The van der Waals surface area contributed by atoms with Crippen LogP contribution < -0.4 is 5.73 Å². The van der Waals surface area contributed by atoms with Gasteiger partial charge in [-0.3, -0.25) is 4.90 Å². The molecule has 1 amide bonds. The zero-order valence-corrected chi connectivity index (χ0v) is 15.8. The highest BCUT2D eigenvalue weighted by atomic mass is 32.2. The molecule has 0 spiro atoms. The molecule has 0 saturated carbocycles. The number of hydrogen-bond donors (Lipinski definition) is 1. The Morgan fingerprint density at radius 1 is 0.926 bits per heavy atom. The SMILES string of the molecule is NC(=O)OCc1ccc(S(=O)(=O)N2CCN(Cc3ccccc3)CC2)cc1. The van der Waals surface area contributed by atoms with E-state index in [2.05, 4.69) is 17.0 Å². The van der Waals surface area contributed by atoms with Crippen molar-refractivity contribution in [1.82, 2.24) is 9.21 Å². The van der Waals surface area contributed by atoms with Gasteiger partial charge in [0.1, 0.15) is 6.61 Å². The average molecular weight is 389 g/mol. The molecule has 0 bridgehead atoms. The molecule has 2 aromatic rings. The quantitative estimate of drug-likeness (QED) is 0.813. The van der Waals surface area contributed by atoms with Crippen LogP contribution in [0.2, 0.25) is 0 Å². The van der Waals surface area contributed by atoms with E-state index in [1.54, 1.807) is 12.1 Å². The van der Waals surface area contributed by atoms with Crippen LogP contribution in [0, 0.1) is 0 Å². The summed E-state index contributed by atoms with van der Waals surface area (Å²) in [4.78, 5) is 13.1. The summed E-state index contributed by atoms with van der Waals surface area (Å²) in [5.74, 6) is 0. The molecule has 0 unspecified atom stereocenters. The predicted molar refractivity (Wildman–Crippen MR) is 101 cm³/mol. The number of carbonyl (C=O) groups excluding carboxylic acids is 1. The monoisotopic (exact) mass is 389 g/mol. The smallest absolute Gasteiger partial charge is 0.404 e. The Labute approximate surface area is 159 Å². The van der Waals surface area contributed by atoms with Crippen LogP contribution in [0.15, 0.2) is 59.5 Å². The Kier molecular flexibility index (Phi) is 6.10. The summed E-state index contributed by atoms with van der Waals surface area (Å²) in [6.07, 6.45) is -0.861. The van der Waals surface area contributed by atoms with Crippen molar-refractivity contribution in [1.29, 1.82) is 0 Å². The van der Waals surface area contributed by atoms with Gasteiger partial charge in [-0.25, -0.2) is 13.2 Å². The van der Waals surface area contributed by atoms with E-state index in [0.717, 1.165) is 6.54 Å². The number of carbonyl (C=O) groups is 1. The largest absolute Gasteiger partial charge is 0.445 e. The van der Waals surface area contributed by atoms with E-state index in [0.29, 0.717) is 31.7 Å². The molecule has 0 aliphatic carbocycles. The number of ether oxygens (including phenoxy) is 1. The molecule has 8 heteroatoms. The zero-order chi connectivity index (χ0) is 19.3. The van der Waals surface area contributed by atoms with Crippen LogP contribution in [0.5, 0.6) is 0 Å². The van der Waals surface area contributed by atoms with Crippen molar-refractivity contribution >= 4 is 16.1 Å². The molecule has 3 rings (SSSR count).